The first kappa shape index (κ1) is 15.5. The summed E-state index contributed by atoms with van der Waals surface area (Å²) in [5.41, 5.74) is 5.76. The molecule has 0 spiro atoms. The number of amides is 1. The van der Waals surface area contributed by atoms with Crippen LogP contribution in [0.15, 0.2) is 29.2 Å². The van der Waals surface area contributed by atoms with E-state index in [-0.39, 0.29) is 10.9 Å². The van der Waals surface area contributed by atoms with Gasteiger partial charge in [-0.05, 0) is 45.0 Å². The number of nitrogens with two attached hydrogens (primary N) is 1. The van der Waals surface area contributed by atoms with Gasteiger partial charge in [0.2, 0.25) is 15.9 Å². The minimum absolute atomic E-state index is 0.169. The third kappa shape index (κ3) is 4.53. The Morgan fingerprint density at radius 1 is 1.16 bits per heavy atom. The summed E-state index contributed by atoms with van der Waals surface area (Å²) in [7, 11) is -3.49. The Kier molecular flexibility index (Phi) is 4.90. The monoisotopic (exact) mass is 285 g/mol. The number of nitrogens with one attached hydrogen (secondary N) is 2. The van der Waals surface area contributed by atoms with Crippen molar-refractivity contribution in [3.63, 3.8) is 0 Å². The van der Waals surface area contributed by atoms with Crippen LogP contribution in [0.1, 0.15) is 20.8 Å². The van der Waals surface area contributed by atoms with Crippen molar-refractivity contribution in [3.05, 3.63) is 24.3 Å². The number of rotatable bonds is 6. The fourth-order valence-electron chi connectivity index (χ4n) is 1.43. The summed E-state index contributed by atoms with van der Waals surface area (Å²) in [4.78, 5) is 11.1. The standard InChI is InChI=1S/C12H19N3O3S/c1-8(2)15-19(17,18)11-6-4-10(5-7-11)14-9(3)12(13)16/h4-9,14-15H,1-3H3,(H2,13,16). The predicted molar refractivity (Wildman–Crippen MR) is 74.2 cm³/mol. The lowest BCUT2D eigenvalue weighted by Gasteiger charge is -2.13. The highest BCUT2D eigenvalue weighted by molar-refractivity contribution is 7.89. The molecule has 0 aliphatic carbocycles. The molecule has 6 nitrogen and oxygen atoms in total. The van der Waals surface area contributed by atoms with Crippen molar-refractivity contribution >= 4 is 21.6 Å². The van der Waals surface area contributed by atoms with Crippen molar-refractivity contribution in [2.75, 3.05) is 5.32 Å². The second kappa shape index (κ2) is 6.03. The molecule has 0 saturated carbocycles. The normalized spacial score (nSPS) is 13.3. The summed E-state index contributed by atoms with van der Waals surface area (Å²) < 4.78 is 26.2. The lowest BCUT2D eigenvalue weighted by Crippen LogP contribution is -2.32. The van der Waals surface area contributed by atoms with Crippen molar-refractivity contribution < 1.29 is 13.2 Å². The van der Waals surface area contributed by atoms with Gasteiger partial charge in [-0.2, -0.15) is 0 Å². The summed E-state index contributed by atoms with van der Waals surface area (Å²) in [6.45, 7) is 5.14. The van der Waals surface area contributed by atoms with Crippen LogP contribution in [0.3, 0.4) is 0 Å². The molecule has 106 valence electrons. The highest BCUT2D eigenvalue weighted by Gasteiger charge is 2.15. The number of hydrogen-bond donors (Lipinski definition) is 3. The molecule has 1 unspecified atom stereocenters. The Bertz CT molecular complexity index is 538. The van der Waals surface area contributed by atoms with Gasteiger partial charge in [-0.25, -0.2) is 13.1 Å². The maximum atomic E-state index is 11.9. The van der Waals surface area contributed by atoms with Crippen LogP contribution in [0.2, 0.25) is 0 Å². The molecule has 0 saturated heterocycles. The van der Waals surface area contributed by atoms with Crippen LogP contribution >= 0.6 is 0 Å². The molecule has 1 amide bonds. The van der Waals surface area contributed by atoms with Gasteiger partial charge in [0.15, 0.2) is 0 Å². The average molecular weight is 285 g/mol. The fraction of sp³-hybridized carbons (Fsp3) is 0.417. The zero-order valence-electron chi connectivity index (χ0n) is 11.2. The predicted octanol–water partition coefficient (Wildman–Crippen LogP) is 0.659. The fourth-order valence-corrected chi connectivity index (χ4v) is 2.68. The largest absolute Gasteiger partial charge is 0.374 e. The Labute approximate surface area is 113 Å². The number of hydrogen-bond acceptors (Lipinski definition) is 4. The first-order valence-corrected chi connectivity index (χ1v) is 7.39. The summed E-state index contributed by atoms with van der Waals surface area (Å²) >= 11 is 0. The van der Waals surface area contributed by atoms with Gasteiger partial charge in [-0.3, -0.25) is 4.79 Å². The van der Waals surface area contributed by atoms with Crippen LogP contribution in [0.25, 0.3) is 0 Å². The van der Waals surface area contributed by atoms with E-state index in [2.05, 4.69) is 10.0 Å². The molecule has 7 heteroatoms. The highest BCUT2D eigenvalue weighted by atomic mass is 32.2. The van der Waals surface area contributed by atoms with Crippen LogP contribution < -0.4 is 15.8 Å². The molecule has 0 aromatic heterocycles. The smallest absolute Gasteiger partial charge is 0.240 e. The third-order valence-electron chi connectivity index (χ3n) is 2.37. The summed E-state index contributed by atoms with van der Waals surface area (Å²) in [6.07, 6.45) is 0. The molecular weight excluding hydrogens is 266 g/mol. The van der Waals surface area contributed by atoms with Crippen molar-refractivity contribution in [1.29, 1.82) is 0 Å². The molecule has 4 N–H and O–H groups in total. The van der Waals surface area contributed by atoms with E-state index in [1.807, 2.05) is 0 Å². The lowest BCUT2D eigenvalue weighted by atomic mass is 10.2. The van der Waals surface area contributed by atoms with Gasteiger partial charge < -0.3 is 11.1 Å². The Hall–Kier alpha value is -1.60. The van der Waals surface area contributed by atoms with E-state index in [1.54, 1.807) is 32.9 Å². The molecule has 0 radical (unpaired) electrons. The van der Waals surface area contributed by atoms with Crippen LogP contribution in [0.5, 0.6) is 0 Å². The summed E-state index contributed by atoms with van der Waals surface area (Å²) in [5, 5.41) is 2.87. The zero-order chi connectivity index (χ0) is 14.6. The molecule has 0 heterocycles. The van der Waals surface area contributed by atoms with Crippen LogP contribution in [-0.2, 0) is 14.8 Å². The molecule has 1 atom stereocenters. The van der Waals surface area contributed by atoms with Crippen molar-refractivity contribution in [1.82, 2.24) is 4.72 Å². The van der Waals surface area contributed by atoms with E-state index in [0.29, 0.717) is 5.69 Å². The SMILES string of the molecule is CC(C)NS(=O)(=O)c1ccc(NC(C)C(N)=O)cc1. The molecule has 1 rings (SSSR count). The number of carbonyl (C=O) groups excluding carboxylic acids is 1. The first-order valence-electron chi connectivity index (χ1n) is 5.90. The van der Waals surface area contributed by atoms with E-state index in [1.165, 1.54) is 12.1 Å². The van der Waals surface area contributed by atoms with E-state index < -0.39 is 22.0 Å². The van der Waals surface area contributed by atoms with Crippen molar-refractivity contribution in [2.24, 2.45) is 5.73 Å². The van der Waals surface area contributed by atoms with Gasteiger partial charge in [0, 0.05) is 11.7 Å². The Morgan fingerprint density at radius 2 is 1.68 bits per heavy atom. The lowest BCUT2D eigenvalue weighted by molar-refractivity contribution is -0.118. The first-order chi connectivity index (χ1) is 8.72. The second-order valence-electron chi connectivity index (χ2n) is 4.57. The summed E-state index contributed by atoms with van der Waals surface area (Å²) in [5.74, 6) is -0.474. The van der Waals surface area contributed by atoms with Crippen molar-refractivity contribution in [2.45, 2.75) is 37.8 Å². The number of sulfonamides is 1. The van der Waals surface area contributed by atoms with E-state index >= 15 is 0 Å². The quantitative estimate of drug-likeness (QED) is 0.714. The maximum absolute atomic E-state index is 11.9. The Balaban J connectivity index is 2.85. The van der Waals surface area contributed by atoms with Gasteiger partial charge in [0.1, 0.15) is 6.04 Å². The molecule has 0 fully saturated rings. The molecule has 19 heavy (non-hydrogen) atoms. The maximum Gasteiger partial charge on any atom is 0.240 e. The van der Waals surface area contributed by atoms with E-state index in [4.69, 9.17) is 5.73 Å². The van der Waals surface area contributed by atoms with Crippen LogP contribution in [-0.4, -0.2) is 26.4 Å². The van der Waals surface area contributed by atoms with Gasteiger partial charge in [-0.1, -0.05) is 0 Å². The van der Waals surface area contributed by atoms with Gasteiger partial charge >= 0.3 is 0 Å². The molecular formula is C12H19N3O3S. The minimum atomic E-state index is -3.49. The zero-order valence-corrected chi connectivity index (χ0v) is 12.0. The van der Waals surface area contributed by atoms with Gasteiger partial charge in [-0.15, -0.1) is 0 Å². The molecule has 1 aromatic rings. The third-order valence-corrected chi connectivity index (χ3v) is 4.04. The molecule has 0 aliphatic heterocycles. The number of carbonyl (C=O) groups is 1. The van der Waals surface area contributed by atoms with E-state index in [9.17, 15) is 13.2 Å². The molecule has 1 aromatic carbocycles. The molecule has 0 aliphatic rings. The topological polar surface area (TPSA) is 101 Å². The second-order valence-corrected chi connectivity index (χ2v) is 6.28. The molecule has 0 bridgehead atoms. The van der Waals surface area contributed by atoms with Gasteiger partial charge in [0.25, 0.3) is 0 Å². The van der Waals surface area contributed by atoms with Gasteiger partial charge in [0.05, 0.1) is 4.90 Å². The number of benzene rings is 1. The Morgan fingerprint density at radius 3 is 2.11 bits per heavy atom. The van der Waals surface area contributed by atoms with Crippen LogP contribution in [0.4, 0.5) is 5.69 Å². The highest BCUT2D eigenvalue weighted by Crippen LogP contribution is 2.15. The minimum Gasteiger partial charge on any atom is -0.374 e. The number of primary amides is 1. The van der Waals surface area contributed by atoms with Crippen LogP contribution in [0, 0.1) is 0 Å². The van der Waals surface area contributed by atoms with Crippen molar-refractivity contribution in [3.8, 4) is 0 Å². The average Bonchev–Trinajstić information content (AvgIpc) is 2.27. The van der Waals surface area contributed by atoms with E-state index in [0.717, 1.165) is 0 Å². The summed E-state index contributed by atoms with van der Waals surface area (Å²) in [6, 6.07) is 5.44. The number of anilines is 1.